The number of unbranched alkanes of at least 4 members (excludes halogenated alkanes) is 2. The number of hydrogen-bond donors (Lipinski definition) is 2. The van der Waals surface area contributed by atoms with E-state index in [0.717, 1.165) is 25.8 Å². The number of methoxy groups -OCH3 is 1. The second-order valence-corrected chi connectivity index (χ2v) is 4.77. The molecule has 1 rings (SSSR count). The van der Waals surface area contributed by atoms with E-state index in [1.54, 1.807) is 7.11 Å². The number of nitrogens with one attached hydrogen (secondary N) is 1. The first-order valence-corrected chi connectivity index (χ1v) is 6.89. The lowest BCUT2D eigenvalue weighted by molar-refractivity contribution is -0.117. The number of aliphatic hydroxyl groups excluding tert-OH is 1. The summed E-state index contributed by atoms with van der Waals surface area (Å²) in [5.41, 5.74) is 0.689. The SMILES string of the molecule is COc1ccccc1NC(=O)CN(C)CCCCCO. The van der Waals surface area contributed by atoms with Gasteiger partial charge in [0, 0.05) is 6.61 Å². The van der Waals surface area contributed by atoms with Crippen LogP contribution in [0.15, 0.2) is 24.3 Å². The average molecular weight is 280 g/mol. The van der Waals surface area contributed by atoms with Crippen LogP contribution in [0.4, 0.5) is 5.69 Å². The first-order valence-electron chi connectivity index (χ1n) is 6.89. The Labute approximate surface area is 120 Å². The van der Waals surface area contributed by atoms with Gasteiger partial charge in [0.2, 0.25) is 5.91 Å². The number of ether oxygens (including phenoxy) is 1. The number of carbonyl (C=O) groups is 1. The van der Waals surface area contributed by atoms with Crippen molar-refractivity contribution < 1.29 is 14.6 Å². The molecule has 5 nitrogen and oxygen atoms in total. The van der Waals surface area contributed by atoms with Crippen LogP contribution >= 0.6 is 0 Å². The van der Waals surface area contributed by atoms with Gasteiger partial charge in [-0.3, -0.25) is 9.69 Å². The summed E-state index contributed by atoms with van der Waals surface area (Å²) in [5, 5.41) is 11.5. The van der Waals surface area contributed by atoms with Gasteiger partial charge < -0.3 is 15.2 Å². The number of para-hydroxylation sites is 2. The molecule has 0 aromatic heterocycles. The number of nitrogens with zero attached hydrogens (tertiary/aromatic N) is 1. The molecule has 0 bridgehead atoms. The van der Waals surface area contributed by atoms with Crippen molar-refractivity contribution in [2.75, 3.05) is 39.2 Å². The van der Waals surface area contributed by atoms with Crippen LogP contribution < -0.4 is 10.1 Å². The molecule has 112 valence electrons. The highest BCUT2D eigenvalue weighted by Crippen LogP contribution is 2.22. The van der Waals surface area contributed by atoms with E-state index in [9.17, 15) is 4.79 Å². The van der Waals surface area contributed by atoms with Crippen molar-refractivity contribution in [3.8, 4) is 5.75 Å². The first-order chi connectivity index (χ1) is 9.67. The highest BCUT2D eigenvalue weighted by Gasteiger charge is 2.09. The van der Waals surface area contributed by atoms with Gasteiger partial charge in [-0.15, -0.1) is 0 Å². The summed E-state index contributed by atoms with van der Waals surface area (Å²) in [4.78, 5) is 13.9. The van der Waals surface area contributed by atoms with E-state index in [-0.39, 0.29) is 12.5 Å². The summed E-state index contributed by atoms with van der Waals surface area (Å²) in [7, 11) is 3.50. The predicted octanol–water partition coefficient (Wildman–Crippen LogP) is 1.73. The molecular weight excluding hydrogens is 256 g/mol. The third-order valence-electron chi connectivity index (χ3n) is 2.99. The molecule has 0 radical (unpaired) electrons. The van der Waals surface area contributed by atoms with E-state index >= 15 is 0 Å². The van der Waals surface area contributed by atoms with Gasteiger partial charge in [0.1, 0.15) is 5.75 Å². The molecular formula is C15H24N2O3. The van der Waals surface area contributed by atoms with Crippen molar-refractivity contribution in [2.24, 2.45) is 0 Å². The fourth-order valence-corrected chi connectivity index (χ4v) is 1.93. The van der Waals surface area contributed by atoms with E-state index in [2.05, 4.69) is 5.32 Å². The molecule has 5 heteroatoms. The van der Waals surface area contributed by atoms with E-state index in [0.29, 0.717) is 18.0 Å². The Bertz CT molecular complexity index is 410. The molecule has 0 atom stereocenters. The van der Waals surface area contributed by atoms with Gasteiger partial charge in [-0.1, -0.05) is 12.1 Å². The second-order valence-electron chi connectivity index (χ2n) is 4.77. The van der Waals surface area contributed by atoms with Crippen molar-refractivity contribution in [3.63, 3.8) is 0 Å². The van der Waals surface area contributed by atoms with Crippen molar-refractivity contribution in [2.45, 2.75) is 19.3 Å². The second kappa shape index (κ2) is 9.34. The maximum atomic E-state index is 11.9. The van der Waals surface area contributed by atoms with Crippen LogP contribution in [-0.2, 0) is 4.79 Å². The predicted molar refractivity (Wildman–Crippen MR) is 80.1 cm³/mol. The van der Waals surface area contributed by atoms with Gasteiger partial charge >= 0.3 is 0 Å². The summed E-state index contributed by atoms with van der Waals surface area (Å²) in [6.45, 7) is 1.43. The Balaban J connectivity index is 2.35. The summed E-state index contributed by atoms with van der Waals surface area (Å²) < 4.78 is 5.19. The van der Waals surface area contributed by atoms with Crippen LogP contribution in [0.2, 0.25) is 0 Å². The normalized spacial score (nSPS) is 10.6. The molecule has 0 unspecified atom stereocenters. The summed E-state index contributed by atoms with van der Waals surface area (Å²) >= 11 is 0. The molecule has 0 aliphatic rings. The molecule has 2 N–H and O–H groups in total. The number of carbonyl (C=O) groups excluding carboxylic acids is 1. The number of anilines is 1. The lowest BCUT2D eigenvalue weighted by atomic mass is 10.2. The Morgan fingerprint density at radius 1 is 1.30 bits per heavy atom. The van der Waals surface area contributed by atoms with Gasteiger partial charge in [0.25, 0.3) is 0 Å². The Hall–Kier alpha value is -1.59. The number of rotatable bonds is 9. The maximum absolute atomic E-state index is 11.9. The summed E-state index contributed by atoms with van der Waals surface area (Å²) in [5.74, 6) is 0.602. The van der Waals surface area contributed by atoms with Crippen molar-refractivity contribution in [1.82, 2.24) is 4.90 Å². The van der Waals surface area contributed by atoms with Crippen molar-refractivity contribution in [3.05, 3.63) is 24.3 Å². The third-order valence-corrected chi connectivity index (χ3v) is 2.99. The number of hydrogen-bond acceptors (Lipinski definition) is 4. The standard InChI is InChI=1S/C15H24N2O3/c1-17(10-6-3-7-11-18)12-15(19)16-13-8-4-5-9-14(13)20-2/h4-5,8-9,18H,3,6-7,10-12H2,1-2H3,(H,16,19). The largest absolute Gasteiger partial charge is 0.495 e. The smallest absolute Gasteiger partial charge is 0.238 e. The van der Waals surface area contributed by atoms with Crippen LogP contribution in [0, 0.1) is 0 Å². The molecule has 0 saturated heterocycles. The zero-order chi connectivity index (χ0) is 14.8. The minimum Gasteiger partial charge on any atom is -0.495 e. The number of amides is 1. The minimum absolute atomic E-state index is 0.0563. The Morgan fingerprint density at radius 3 is 2.75 bits per heavy atom. The van der Waals surface area contributed by atoms with Crippen LogP contribution in [0.5, 0.6) is 5.75 Å². The van der Waals surface area contributed by atoms with Crippen molar-refractivity contribution >= 4 is 11.6 Å². The lowest BCUT2D eigenvalue weighted by Crippen LogP contribution is -2.31. The molecule has 0 heterocycles. The van der Waals surface area contributed by atoms with E-state index < -0.39 is 0 Å². The topological polar surface area (TPSA) is 61.8 Å². The van der Waals surface area contributed by atoms with Crippen LogP contribution in [0.1, 0.15) is 19.3 Å². The molecule has 0 saturated carbocycles. The Morgan fingerprint density at radius 2 is 2.05 bits per heavy atom. The maximum Gasteiger partial charge on any atom is 0.238 e. The van der Waals surface area contributed by atoms with Gasteiger partial charge in [0.15, 0.2) is 0 Å². The molecule has 1 aromatic carbocycles. The molecule has 0 aliphatic heterocycles. The van der Waals surface area contributed by atoms with Crippen LogP contribution in [0.3, 0.4) is 0 Å². The van der Waals surface area contributed by atoms with E-state index in [1.165, 1.54) is 0 Å². The summed E-state index contributed by atoms with van der Waals surface area (Å²) in [6, 6.07) is 7.35. The zero-order valence-corrected chi connectivity index (χ0v) is 12.3. The fraction of sp³-hybridized carbons (Fsp3) is 0.533. The lowest BCUT2D eigenvalue weighted by Gasteiger charge is -2.16. The highest BCUT2D eigenvalue weighted by molar-refractivity contribution is 5.93. The fourth-order valence-electron chi connectivity index (χ4n) is 1.93. The number of benzene rings is 1. The highest BCUT2D eigenvalue weighted by atomic mass is 16.5. The molecule has 1 aromatic rings. The zero-order valence-electron chi connectivity index (χ0n) is 12.3. The van der Waals surface area contributed by atoms with Gasteiger partial charge in [-0.25, -0.2) is 0 Å². The number of likely N-dealkylation sites (N-methyl/N-ethyl adjacent to an activating group) is 1. The monoisotopic (exact) mass is 280 g/mol. The molecule has 1 amide bonds. The molecule has 0 aliphatic carbocycles. The quantitative estimate of drug-likeness (QED) is 0.676. The van der Waals surface area contributed by atoms with E-state index in [1.807, 2.05) is 36.2 Å². The molecule has 0 fully saturated rings. The minimum atomic E-state index is -0.0563. The molecule has 20 heavy (non-hydrogen) atoms. The summed E-state index contributed by atoms with van der Waals surface area (Å²) in [6.07, 6.45) is 2.79. The van der Waals surface area contributed by atoms with E-state index in [4.69, 9.17) is 9.84 Å². The number of aliphatic hydroxyl groups is 1. The van der Waals surface area contributed by atoms with Crippen LogP contribution in [-0.4, -0.2) is 49.8 Å². The average Bonchev–Trinajstić information content (AvgIpc) is 2.44. The van der Waals surface area contributed by atoms with Crippen molar-refractivity contribution in [1.29, 1.82) is 0 Å². The first kappa shape index (κ1) is 16.5. The van der Waals surface area contributed by atoms with Gasteiger partial charge in [-0.05, 0) is 45.0 Å². The van der Waals surface area contributed by atoms with Gasteiger partial charge in [-0.2, -0.15) is 0 Å². The molecule has 0 spiro atoms. The Kier molecular flexibility index (Phi) is 7.69. The van der Waals surface area contributed by atoms with Gasteiger partial charge in [0.05, 0.1) is 19.3 Å². The third kappa shape index (κ3) is 6.04. The van der Waals surface area contributed by atoms with Crippen LogP contribution in [0.25, 0.3) is 0 Å².